The number of hydrogen-bond donors (Lipinski definition) is 0. The van der Waals surface area contributed by atoms with Crippen molar-refractivity contribution in [2.24, 2.45) is 11.8 Å². The molecular weight excluding hydrogens is 428 g/mol. The zero-order valence-corrected chi connectivity index (χ0v) is 21.5. The molecule has 0 aliphatic heterocycles. The molecule has 2 nitrogen and oxygen atoms in total. The van der Waals surface area contributed by atoms with Crippen LogP contribution in [-0.2, 0) is 24.1 Å². The number of aryl methyl sites for hydroxylation is 2. The quantitative estimate of drug-likeness (QED) is 0.425. The molecule has 3 aliphatic rings. The lowest BCUT2D eigenvalue weighted by molar-refractivity contribution is -0.114. The van der Waals surface area contributed by atoms with Crippen LogP contribution >= 0.6 is 0 Å². The van der Waals surface area contributed by atoms with Crippen LogP contribution in [0.2, 0.25) is 0 Å². The summed E-state index contributed by atoms with van der Waals surface area (Å²) in [5.41, 5.74) is 11.8. The number of benzene rings is 2. The number of carbonyl (C=O) groups is 2. The second-order valence-electron chi connectivity index (χ2n) is 11.0. The molecule has 2 atom stereocenters. The number of Topliss-reactive ketones (excluding diaryl/α,β-unsaturated/α-hetero) is 2. The monoisotopic (exact) mass is 464 g/mol. The highest BCUT2D eigenvalue weighted by Gasteiger charge is 2.32. The Balaban J connectivity index is 1.41. The molecule has 0 N–H and O–H groups in total. The van der Waals surface area contributed by atoms with Gasteiger partial charge in [0.25, 0.3) is 0 Å². The third-order valence-corrected chi connectivity index (χ3v) is 8.00. The summed E-state index contributed by atoms with van der Waals surface area (Å²) in [7, 11) is 0. The van der Waals surface area contributed by atoms with Crippen LogP contribution in [0, 0.1) is 25.7 Å². The van der Waals surface area contributed by atoms with Crippen molar-refractivity contribution in [3.05, 3.63) is 98.1 Å². The van der Waals surface area contributed by atoms with Crippen LogP contribution in [0.4, 0.5) is 0 Å². The molecule has 2 unspecified atom stereocenters. The minimum Gasteiger partial charge on any atom is -0.294 e. The van der Waals surface area contributed by atoms with Crippen molar-refractivity contribution in [1.29, 1.82) is 0 Å². The average molecular weight is 465 g/mol. The Hall–Kier alpha value is -3.00. The number of carbonyl (C=O) groups excluding carboxylic acids is 2. The van der Waals surface area contributed by atoms with E-state index in [0.29, 0.717) is 18.1 Å². The zero-order chi connectivity index (χ0) is 24.7. The molecule has 0 amide bonds. The molecular formula is C33H36O2. The van der Waals surface area contributed by atoms with Crippen molar-refractivity contribution in [3.63, 3.8) is 0 Å². The highest BCUT2D eigenvalue weighted by molar-refractivity contribution is 6.06. The van der Waals surface area contributed by atoms with Gasteiger partial charge in [0.05, 0.1) is 0 Å². The fourth-order valence-electron chi connectivity index (χ4n) is 6.23. The van der Waals surface area contributed by atoms with E-state index in [1.807, 2.05) is 6.08 Å². The van der Waals surface area contributed by atoms with Crippen molar-refractivity contribution in [3.8, 4) is 0 Å². The van der Waals surface area contributed by atoms with Gasteiger partial charge in [-0.3, -0.25) is 9.59 Å². The highest BCUT2D eigenvalue weighted by atomic mass is 16.1. The molecule has 0 fully saturated rings. The van der Waals surface area contributed by atoms with Gasteiger partial charge in [-0.05, 0) is 96.9 Å². The third kappa shape index (κ3) is 4.63. The van der Waals surface area contributed by atoms with Crippen LogP contribution in [0.5, 0.6) is 0 Å². The van der Waals surface area contributed by atoms with Gasteiger partial charge >= 0.3 is 0 Å². The van der Waals surface area contributed by atoms with E-state index in [4.69, 9.17) is 0 Å². The smallest absolute Gasteiger partial charge is 0.167 e. The first-order chi connectivity index (χ1) is 16.8. The summed E-state index contributed by atoms with van der Waals surface area (Å²) in [5.74, 6) is 1.13. The van der Waals surface area contributed by atoms with E-state index < -0.39 is 0 Å². The normalized spacial score (nSPS) is 19.8. The maximum Gasteiger partial charge on any atom is 0.167 e. The Labute approximate surface area is 209 Å². The van der Waals surface area contributed by atoms with Gasteiger partial charge < -0.3 is 0 Å². The van der Waals surface area contributed by atoms with Gasteiger partial charge in [0, 0.05) is 23.5 Å². The summed E-state index contributed by atoms with van der Waals surface area (Å²) in [6.07, 6.45) is 12.4. The number of allylic oxidation sites excluding steroid dienone is 5. The van der Waals surface area contributed by atoms with E-state index in [2.05, 4.69) is 70.2 Å². The van der Waals surface area contributed by atoms with Crippen molar-refractivity contribution in [2.75, 3.05) is 0 Å². The van der Waals surface area contributed by atoms with Gasteiger partial charge in [0.2, 0.25) is 0 Å². The molecule has 0 heterocycles. The maximum atomic E-state index is 13.1. The average Bonchev–Trinajstić information content (AvgIpc) is 3.35. The van der Waals surface area contributed by atoms with Gasteiger partial charge in [0.15, 0.2) is 11.6 Å². The van der Waals surface area contributed by atoms with E-state index >= 15 is 0 Å². The first-order valence-corrected chi connectivity index (χ1v) is 13.2. The number of rotatable bonds is 7. The van der Waals surface area contributed by atoms with Crippen LogP contribution in [0.1, 0.15) is 83.3 Å². The molecule has 0 radical (unpaired) electrons. The Morgan fingerprint density at radius 1 is 1.03 bits per heavy atom. The van der Waals surface area contributed by atoms with Gasteiger partial charge in [-0.25, -0.2) is 0 Å². The topological polar surface area (TPSA) is 34.1 Å². The van der Waals surface area contributed by atoms with E-state index in [1.54, 1.807) is 0 Å². The van der Waals surface area contributed by atoms with Crippen LogP contribution in [0.15, 0.2) is 59.2 Å². The van der Waals surface area contributed by atoms with Gasteiger partial charge in [0.1, 0.15) is 0 Å². The molecule has 2 aromatic rings. The summed E-state index contributed by atoms with van der Waals surface area (Å²) in [6.45, 7) is 8.77. The molecule has 0 saturated heterocycles. The second kappa shape index (κ2) is 9.57. The largest absolute Gasteiger partial charge is 0.294 e. The second-order valence-corrected chi connectivity index (χ2v) is 11.0. The molecule has 0 bridgehead atoms. The Morgan fingerprint density at radius 3 is 2.66 bits per heavy atom. The lowest BCUT2D eigenvalue weighted by Crippen LogP contribution is -2.13. The van der Waals surface area contributed by atoms with Crippen LogP contribution in [0.3, 0.4) is 0 Å². The first kappa shape index (κ1) is 23.7. The van der Waals surface area contributed by atoms with Gasteiger partial charge in [-0.1, -0.05) is 68.3 Å². The van der Waals surface area contributed by atoms with Crippen LogP contribution in [-0.4, -0.2) is 11.6 Å². The number of ketones is 2. The van der Waals surface area contributed by atoms with Crippen LogP contribution in [0.25, 0.3) is 6.08 Å². The minimum absolute atomic E-state index is 0.152. The molecule has 3 aliphatic carbocycles. The summed E-state index contributed by atoms with van der Waals surface area (Å²) < 4.78 is 0. The van der Waals surface area contributed by atoms with Gasteiger partial charge in [-0.15, -0.1) is 0 Å². The molecule has 2 heteroatoms. The van der Waals surface area contributed by atoms with Crippen molar-refractivity contribution < 1.29 is 9.59 Å². The Bertz CT molecular complexity index is 1300. The molecule has 180 valence electrons. The number of fused-ring (bicyclic) bond motifs is 2. The Morgan fingerprint density at radius 2 is 1.86 bits per heavy atom. The summed E-state index contributed by atoms with van der Waals surface area (Å²) >= 11 is 0. The van der Waals surface area contributed by atoms with Crippen molar-refractivity contribution in [1.82, 2.24) is 0 Å². The minimum atomic E-state index is 0.152. The summed E-state index contributed by atoms with van der Waals surface area (Å²) in [4.78, 5) is 26.0. The zero-order valence-electron chi connectivity index (χ0n) is 21.5. The van der Waals surface area contributed by atoms with E-state index in [-0.39, 0.29) is 11.7 Å². The lowest BCUT2D eigenvalue weighted by Gasteiger charge is -2.20. The predicted octanol–water partition coefficient (Wildman–Crippen LogP) is 7.49. The lowest BCUT2D eigenvalue weighted by atomic mass is 9.83. The third-order valence-electron chi connectivity index (χ3n) is 8.00. The van der Waals surface area contributed by atoms with Gasteiger partial charge in [-0.2, -0.15) is 0 Å². The predicted molar refractivity (Wildman–Crippen MR) is 144 cm³/mol. The standard InChI is InChI=1S/C33H36O2/c1-5-7-24-15-28-16-26-17-29(18-27(26)19-30(28)33(24)35)32-23(8-6-9-31(32)34)13-21(3)14-25-12-20(2)10-11-22(25)4/h6,8,10-12,16,18-19,21,24H,5,7,9,13-15,17H2,1-4H3. The molecule has 0 spiro atoms. The SMILES string of the molecule is CCCC1Cc2cc3c(cc2C1=O)C=C(C1=C(CC(C)Cc2cc(C)ccc2C)C=CCC1=O)C3. The Kier molecular flexibility index (Phi) is 6.49. The highest BCUT2D eigenvalue weighted by Crippen LogP contribution is 2.39. The van der Waals surface area contributed by atoms with Crippen molar-refractivity contribution in [2.45, 2.75) is 72.6 Å². The molecule has 0 aromatic heterocycles. The molecule has 5 rings (SSSR count). The summed E-state index contributed by atoms with van der Waals surface area (Å²) in [6, 6.07) is 11.0. The summed E-state index contributed by atoms with van der Waals surface area (Å²) in [5, 5.41) is 0. The van der Waals surface area contributed by atoms with Crippen LogP contribution < -0.4 is 0 Å². The molecule has 0 saturated carbocycles. The molecule has 35 heavy (non-hydrogen) atoms. The first-order valence-electron chi connectivity index (χ1n) is 13.2. The number of hydrogen-bond acceptors (Lipinski definition) is 2. The fourth-order valence-corrected chi connectivity index (χ4v) is 6.23. The fraction of sp³-hybridized carbons (Fsp3) is 0.394. The van der Waals surface area contributed by atoms with E-state index in [9.17, 15) is 9.59 Å². The van der Waals surface area contributed by atoms with E-state index in [0.717, 1.165) is 60.8 Å². The van der Waals surface area contributed by atoms with E-state index in [1.165, 1.54) is 33.4 Å². The maximum absolute atomic E-state index is 13.1. The molecule has 2 aromatic carbocycles. The van der Waals surface area contributed by atoms with Crippen molar-refractivity contribution >= 4 is 17.6 Å².